The van der Waals surface area contributed by atoms with Gasteiger partial charge < -0.3 is 10.2 Å². The zero-order chi connectivity index (χ0) is 23.8. The lowest BCUT2D eigenvalue weighted by atomic mass is 9.88. The lowest BCUT2D eigenvalue weighted by molar-refractivity contribution is -0.141. The highest BCUT2D eigenvalue weighted by atomic mass is 19.1. The van der Waals surface area contributed by atoms with E-state index in [2.05, 4.69) is 5.32 Å². The van der Waals surface area contributed by atoms with Crippen molar-refractivity contribution in [3.05, 3.63) is 107 Å². The SMILES string of the molecule is CC(C)NC(=O)C(C)N(Cc1ccccc1F)C(=O)CC(c1ccccc1)c1ccccc1. The Morgan fingerprint density at radius 1 is 0.818 bits per heavy atom. The fourth-order valence-electron chi connectivity index (χ4n) is 3.89. The van der Waals surface area contributed by atoms with E-state index in [4.69, 9.17) is 0 Å². The standard InChI is InChI=1S/C28H31FN2O2/c1-20(2)30-28(33)21(3)31(19-24-16-10-11-17-26(24)29)27(32)18-25(22-12-6-4-7-13-22)23-14-8-5-9-15-23/h4-17,20-21,25H,18-19H2,1-3H3,(H,30,33). The summed E-state index contributed by atoms with van der Waals surface area (Å²) in [4.78, 5) is 28.0. The lowest BCUT2D eigenvalue weighted by Gasteiger charge is -2.31. The lowest BCUT2D eigenvalue weighted by Crippen LogP contribution is -2.49. The highest BCUT2D eigenvalue weighted by molar-refractivity contribution is 5.88. The van der Waals surface area contributed by atoms with Gasteiger partial charge in [0.1, 0.15) is 11.9 Å². The summed E-state index contributed by atoms with van der Waals surface area (Å²) < 4.78 is 14.4. The third-order valence-corrected chi connectivity index (χ3v) is 5.68. The van der Waals surface area contributed by atoms with E-state index >= 15 is 0 Å². The summed E-state index contributed by atoms with van der Waals surface area (Å²) in [7, 11) is 0. The van der Waals surface area contributed by atoms with Gasteiger partial charge in [-0.3, -0.25) is 9.59 Å². The minimum atomic E-state index is -0.744. The summed E-state index contributed by atoms with van der Waals surface area (Å²) >= 11 is 0. The molecule has 3 aromatic carbocycles. The first kappa shape index (κ1) is 24.2. The molecule has 0 fully saturated rings. The van der Waals surface area contributed by atoms with Gasteiger partial charge in [0, 0.05) is 30.5 Å². The Kier molecular flexibility index (Phi) is 8.36. The van der Waals surface area contributed by atoms with Crippen molar-refractivity contribution < 1.29 is 14.0 Å². The summed E-state index contributed by atoms with van der Waals surface area (Å²) in [6, 6.07) is 25.2. The Morgan fingerprint density at radius 3 is 1.85 bits per heavy atom. The average Bonchev–Trinajstić information content (AvgIpc) is 2.82. The van der Waals surface area contributed by atoms with Crippen molar-refractivity contribution >= 4 is 11.8 Å². The van der Waals surface area contributed by atoms with Gasteiger partial charge in [0.05, 0.1) is 0 Å². The fraction of sp³-hybridized carbons (Fsp3) is 0.286. The first-order valence-corrected chi connectivity index (χ1v) is 11.3. The second-order valence-electron chi connectivity index (χ2n) is 8.53. The number of benzene rings is 3. The monoisotopic (exact) mass is 446 g/mol. The van der Waals surface area contributed by atoms with Crippen molar-refractivity contribution in [1.29, 1.82) is 0 Å². The summed E-state index contributed by atoms with van der Waals surface area (Å²) in [5, 5.41) is 2.87. The van der Waals surface area contributed by atoms with Crippen LogP contribution in [0.2, 0.25) is 0 Å². The van der Waals surface area contributed by atoms with Crippen molar-refractivity contribution in [2.24, 2.45) is 0 Å². The smallest absolute Gasteiger partial charge is 0.242 e. The van der Waals surface area contributed by atoms with Crippen LogP contribution in [0.25, 0.3) is 0 Å². The molecule has 3 aromatic rings. The molecule has 172 valence electrons. The van der Waals surface area contributed by atoms with Crippen LogP contribution in [0.4, 0.5) is 4.39 Å². The van der Waals surface area contributed by atoms with Gasteiger partial charge in [-0.05, 0) is 38.0 Å². The van der Waals surface area contributed by atoms with E-state index in [-0.39, 0.29) is 36.7 Å². The Balaban J connectivity index is 1.93. The first-order valence-electron chi connectivity index (χ1n) is 11.3. The Labute approximate surface area is 195 Å². The Bertz CT molecular complexity index is 1010. The van der Waals surface area contributed by atoms with Crippen LogP contribution in [0.15, 0.2) is 84.9 Å². The third kappa shape index (κ3) is 6.51. The number of carbonyl (C=O) groups is 2. The minimum absolute atomic E-state index is 0.0223. The number of nitrogens with one attached hydrogen (secondary N) is 1. The number of amides is 2. The maximum Gasteiger partial charge on any atom is 0.242 e. The van der Waals surface area contributed by atoms with Crippen molar-refractivity contribution in [2.75, 3.05) is 0 Å². The second kappa shape index (κ2) is 11.4. The molecule has 0 bridgehead atoms. The van der Waals surface area contributed by atoms with Gasteiger partial charge in [-0.2, -0.15) is 0 Å². The van der Waals surface area contributed by atoms with Crippen LogP contribution < -0.4 is 5.32 Å². The van der Waals surface area contributed by atoms with Gasteiger partial charge in [-0.25, -0.2) is 4.39 Å². The molecule has 0 saturated heterocycles. The minimum Gasteiger partial charge on any atom is -0.352 e. The molecule has 0 aliphatic rings. The van der Waals surface area contributed by atoms with E-state index in [0.29, 0.717) is 5.56 Å². The van der Waals surface area contributed by atoms with E-state index in [9.17, 15) is 14.0 Å². The number of hydrogen-bond donors (Lipinski definition) is 1. The van der Waals surface area contributed by atoms with E-state index < -0.39 is 11.9 Å². The molecule has 5 heteroatoms. The zero-order valence-electron chi connectivity index (χ0n) is 19.4. The predicted molar refractivity (Wildman–Crippen MR) is 129 cm³/mol. The van der Waals surface area contributed by atoms with Gasteiger partial charge in [-0.15, -0.1) is 0 Å². The van der Waals surface area contributed by atoms with Crippen molar-refractivity contribution in [3.8, 4) is 0 Å². The molecule has 1 atom stereocenters. The van der Waals surface area contributed by atoms with Gasteiger partial charge in [0.15, 0.2) is 0 Å². The quantitative estimate of drug-likeness (QED) is 0.486. The number of carbonyl (C=O) groups excluding carboxylic acids is 2. The van der Waals surface area contributed by atoms with E-state index in [1.165, 1.54) is 11.0 Å². The molecule has 0 aromatic heterocycles. The topological polar surface area (TPSA) is 49.4 Å². The molecule has 2 amide bonds. The molecular formula is C28H31FN2O2. The largest absolute Gasteiger partial charge is 0.352 e. The fourth-order valence-corrected chi connectivity index (χ4v) is 3.89. The van der Waals surface area contributed by atoms with Crippen molar-refractivity contribution in [2.45, 2.75) is 51.7 Å². The van der Waals surface area contributed by atoms with E-state index in [1.807, 2.05) is 74.5 Å². The average molecular weight is 447 g/mol. The molecule has 1 N–H and O–H groups in total. The molecule has 0 saturated carbocycles. The van der Waals surface area contributed by atoms with Crippen LogP contribution in [0, 0.1) is 5.82 Å². The molecule has 1 unspecified atom stereocenters. The maximum atomic E-state index is 14.4. The zero-order valence-corrected chi connectivity index (χ0v) is 19.4. The number of nitrogens with zero attached hydrogens (tertiary/aromatic N) is 1. The normalized spacial score (nSPS) is 11.9. The van der Waals surface area contributed by atoms with Crippen LogP contribution in [-0.4, -0.2) is 28.8 Å². The van der Waals surface area contributed by atoms with Crippen molar-refractivity contribution in [1.82, 2.24) is 10.2 Å². The number of hydrogen-bond acceptors (Lipinski definition) is 2. The molecule has 33 heavy (non-hydrogen) atoms. The highest BCUT2D eigenvalue weighted by Crippen LogP contribution is 2.29. The van der Waals surface area contributed by atoms with Crippen LogP contribution >= 0.6 is 0 Å². The summed E-state index contributed by atoms with van der Waals surface area (Å²) in [5.74, 6) is -1.04. The van der Waals surface area contributed by atoms with Crippen molar-refractivity contribution in [3.63, 3.8) is 0 Å². The maximum absolute atomic E-state index is 14.4. The predicted octanol–water partition coefficient (Wildman–Crippen LogP) is 5.29. The second-order valence-corrected chi connectivity index (χ2v) is 8.53. The molecule has 0 radical (unpaired) electrons. The Morgan fingerprint density at radius 2 is 1.33 bits per heavy atom. The van der Waals surface area contributed by atoms with Gasteiger partial charge in [0.2, 0.25) is 11.8 Å². The van der Waals surface area contributed by atoms with Gasteiger partial charge >= 0.3 is 0 Å². The summed E-state index contributed by atoms with van der Waals surface area (Å²) in [6.07, 6.45) is 0.168. The highest BCUT2D eigenvalue weighted by Gasteiger charge is 2.29. The molecule has 0 aliphatic carbocycles. The molecule has 0 spiro atoms. The summed E-state index contributed by atoms with van der Waals surface area (Å²) in [6.45, 7) is 5.45. The van der Waals surface area contributed by atoms with Crippen LogP contribution in [-0.2, 0) is 16.1 Å². The van der Waals surface area contributed by atoms with Gasteiger partial charge in [-0.1, -0.05) is 78.9 Å². The molecule has 3 rings (SSSR count). The molecule has 4 nitrogen and oxygen atoms in total. The molecule has 0 aliphatic heterocycles. The van der Waals surface area contributed by atoms with E-state index in [1.54, 1.807) is 25.1 Å². The van der Waals surface area contributed by atoms with Crippen LogP contribution in [0.5, 0.6) is 0 Å². The van der Waals surface area contributed by atoms with Crippen LogP contribution in [0.3, 0.4) is 0 Å². The molecular weight excluding hydrogens is 415 g/mol. The number of rotatable bonds is 9. The van der Waals surface area contributed by atoms with Gasteiger partial charge in [0.25, 0.3) is 0 Å². The first-order chi connectivity index (χ1) is 15.9. The third-order valence-electron chi connectivity index (χ3n) is 5.68. The Hall–Kier alpha value is -3.47. The van der Waals surface area contributed by atoms with Crippen LogP contribution in [0.1, 0.15) is 49.8 Å². The summed E-state index contributed by atoms with van der Waals surface area (Å²) in [5.41, 5.74) is 2.41. The van der Waals surface area contributed by atoms with E-state index in [0.717, 1.165) is 11.1 Å². The number of halogens is 1. The molecule has 0 heterocycles.